The number of carbonyl (C=O) groups is 2. The number of benzene rings is 2. The van der Waals surface area contributed by atoms with Gasteiger partial charge in [-0.25, -0.2) is 0 Å². The lowest BCUT2D eigenvalue weighted by atomic mass is 10.1. The van der Waals surface area contributed by atoms with Crippen molar-refractivity contribution in [2.75, 3.05) is 10.6 Å². The summed E-state index contributed by atoms with van der Waals surface area (Å²) in [6.07, 6.45) is 0.746. The Morgan fingerprint density at radius 2 is 1.43 bits per heavy atom. The Labute approximate surface area is 136 Å². The summed E-state index contributed by atoms with van der Waals surface area (Å²) < 4.78 is 0. The van der Waals surface area contributed by atoms with Crippen LogP contribution in [-0.2, 0) is 16.0 Å². The Kier molecular flexibility index (Phi) is 5.52. The minimum Gasteiger partial charge on any atom is -0.326 e. The van der Waals surface area contributed by atoms with E-state index in [2.05, 4.69) is 17.6 Å². The van der Waals surface area contributed by atoms with Gasteiger partial charge >= 0.3 is 0 Å². The van der Waals surface area contributed by atoms with Crippen molar-refractivity contribution in [1.29, 1.82) is 0 Å². The summed E-state index contributed by atoms with van der Waals surface area (Å²) in [7, 11) is 0. The zero-order chi connectivity index (χ0) is 16.8. The van der Waals surface area contributed by atoms with Crippen LogP contribution in [-0.4, -0.2) is 11.8 Å². The lowest BCUT2D eigenvalue weighted by molar-refractivity contribution is -0.123. The molecule has 23 heavy (non-hydrogen) atoms. The fourth-order valence-electron chi connectivity index (χ4n) is 2.37. The number of para-hydroxylation sites is 1. The van der Waals surface area contributed by atoms with Crippen molar-refractivity contribution in [3.05, 3.63) is 59.2 Å². The van der Waals surface area contributed by atoms with Gasteiger partial charge in [0.2, 0.25) is 11.8 Å². The monoisotopic (exact) mass is 310 g/mol. The van der Waals surface area contributed by atoms with Gasteiger partial charge in [-0.15, -0.1) is 0 Å². The van der Waals surface area contributed by atoms with Gasteiger partial charge in [-0.3, -0.25) is 9.59 Å². The van der Waals surface area contributed by atoms with E-state index in [1.807, 2.05) is 56.3 Å². The molecule has 0 bridgehead atoms. The number of hydrogen-bond donors (Lipinski definition) is 2. The molecule has 2 aromatic carbocycles. The highest BCUT2D eigenvalue weighted by atomic mass is 16.2. The number of anilines is 2. The minimum atomic E-state index is -0.321. The number of hydrogen-bond acceptors (Lipinski definition) is 2. The van der Waals surface area contributed by atoms with Crippen molar-refractivity contribution in [3.63, 3.8) is 0 Å². The Bertz CT molecular complexity index is 686. The van der Waals surface area contributed by atoms with Crippen molar-refractivity contribution in [2.24, 2.45) is 0 Å². The molecule has 2 aromatic rings. The summed E-state index contributed by atoms with van der Waals surface area (Å²) in [6.45, 7) is 5.93. The topological polar surface area (TPSA) is 58.2 Å². The summed E-state index contributed by atoms with van der Waals surface area (Å²) in [4.78, 5) is 24.0. The van der Waals surface area contributed by atoms with Gasteiger partial charge < -0.3 is 10.6 Å². The molecule has 0 fully saturated rings. The zero-order valence-corrected chi connectivity index (χ0v) is 13.8. The van der Waals surface area contributed by atoms with E-state index < -0.39 is 0 Å². The number of carbonyl (C=O) groups excluding carboxylic acids is 2. The van der Waals surface area contributed by atoms with E-state index in [1.54, 1.807) is 0 Å². The third-order valence-electron chi connectivity index (χ3n) is 3.71. The van der Waals surface area contributed by atoms with E-state index in [9.17, 15) is 9.59 Å². The van der Waals surface area contributed by atoms with E-state index in [0.717, 1.165) is 23.2 Å². The molecule has 0 aliphatic heterocycles. The molecule has 0 aliphatic carbocycles. The first-order chi connectivity index (χ1) is 11.0. The first-order valence-electron chi connectivity index (χ1n) is 7.74. The Hall–Kier alpha value is -2.62. The molecular weight excluding hydrogens is 288 g/mol. The van der Waals surface area contributed by atoms with Gasteiger partial charge in [0.05, 0.1) is 0 Å². The van der Waals surface area contributed by atoms with Crippen LogP contribution in [0.4, 0.5) is 11.4 Å². The second-order valence-corrected chi connectivity index (χ2v) is 5.59. The average Bonchev–Trinajstić information content (AvgIpc) is 2.51. The normalized spacial score (nSPS) is 10.2. The molecule has 0 spiro atoms. The number of aryl methyl sites for hydroxylation is 3. The molecule has 0 saturated heterocycles. The largest absolute Gasteiger partial charge is 0.326 e. The van der Waals surface area contributed by atoms with Gasteiger partial charge in [0.25, 0.3) is 0 Å². The highest BCUT2D eigenvalue weighted by Gasteiger charge is 2.12. The molecule has 2 N–H and O–H groups in total. The quantitative estimate of drug-likeness (QED) is 0.825. The summed E-state index contributed by atoms with van der Waals surface area (Å²) in [5.74, 6) is -0.636. The molecule has 2 rings (SSSR count). The molecule has 0 aliphatic rings. The maximum atomic E-state index is 12.0. The summed E-state index contributed by atoms with van der Waals surface area (Å²) in [5.41, 5.74) is 4.64. The van der Waals surface area contributed by atoms with Crippen LogP contribution in [0, 0.1) is 13.8 Å². The van der Waals surface area contributed by atoms with Gasteiger partial charge in [-0.05, 0) is 49.1 Å². The first kappa shape index (κ1) is 16.7. The minimum absolute atomic E-state index is 0.205. The molecule has 0 radical (unpaired) electrons. The highest BCUT2D eigenvalue weighted by molar-refractivity contribution is 6.08. The van der Waals surface area contributed by atoms with Gasteiger partial charge in [-0.2, -0.15) is 0 Å². The van der Waals surface area contributed by atoms with Crippen LogP contribution < -0.4 is 10.6 Å². The standard InChI is InChI=1S/C19H22N2O2/c1-4-15-8-10-16(11-9-15)20-17(22)12-18(23)21-19-13(2)6-5-7-14(19)3/h5-11H,4,12H2,1-3H3,(H,20,22)(H,21,23). The predicted molar refractivity (Wildman–Crippen MR) is 93.6 cm³/mol. The molecule has 0 heterocycles. The lowest BCUT2D eigenvalue weighted by Crippen LogP contribution is -2.22. The summed E-state index contributed by atoms with van der Waals surface area (Å²) >= 11 is 0. The van der Waals surface area contributed by atoms with Crippen molar-refractivity contribution in [1.82, 2.24) is 0 Å². The van der Waals surface area contributed by atoms with Crippen LogP contribution >= 0.6 is 0 Å². The first-order valence-corrected chi connectivity index (χ1v) is 7.74. The fourth-order valence-corrected chi connectivity index (χ4v) is 2.37. The van der Waals surface area contributed by atoms with Crippen molar-refractivity contribution < 1.29 is 9.59 Å². The van der Waals surface area contributed by atoms with Gasteiger partial charge in [0, 0.05) is 11.4 Å². The van der Waals surface area contributed by atoms with E-state index >= 15 is 0 Å². The molecule has 0 saturated carbocycles. The molecule has 0 atom stereocenters. The molecular formula is C19H22N2O2. The van der Waals surface area contributed by atoms with Gasteiger partial charge in [-0.1, -0.05) is 37.3 Å². The van der Waals surface area contributed by atoms with Crippen LogP contribution in [0.15, 0.2) is 42.5 Å². The maximum Gasteiger partial charge on any atom is 0.233 e. The molecule has 2 amide bonds. The van der Waals surface area contributed by atoms with Crippen molar-refractivity contribution >= 4 is 23.2 Å². The third-order valence-corrected chi connectivity index (χ3v) is 3.71. The van der Waals surface area contributed by atoms with Crippen LogP contribution in [0.2, 0.25) is 0 Å². The predicted octanol–water partition coefficient (Wildman–Crippen LogP) is 3.83. The van der Waals surface area contributed by atoms with Gasteiger partial charge in [0.1, 0.15) is 6.42 Å². The Morgan fingerprint density at radius 1 is 0.870 bits per heavy atom. The second kappa shape index (κ2) is 7.58. The zero-order valence-electron chi connectivity index (χ0n) is 13.8. The number of nitrogens with one attached hydrogen (secondary N) is 2. The van der Waals surface area contributed by atoms with E-state index in [4.69, 9.17) is 0 Å². The van der Waals surface area contributed by atoms with Crippen LogP contribution in [0.1, 0.15) is 30.0 Å². The maximum absolute atomic E-state index is 12.0. The number of amides is 2. The molecule has 0 aromatic heterocycles. The van der Waals surface area contributed by atoms with E-state index in [0.29, 0.717) is 5.69 Å². The van der Waals surface area contributed by atoms with Crippen LogP contribution in [0.25, 0.3) is 0 Å². The van der Waals surface area contributed by atoms with Crippen molar-refractivity contribution in [2.45, 2.75) is 33.6 Å². The Morgan fingerprint density at radius 3 is 2.00 bits per heavy atom. The molecule has 4 heteroatoms. The number of rotatable bonds is 5. The summed E-state index contributed by atoms with van der Waals surface area (Å²) in [5, 5.41) is 5.55. The van der Waals surface area contributed by atoms with Gasteiger partial charge in [0.15, 0.2) is 0 Å². The average molecular weight is 310 g/mol. The highest BCUT2D eigenvalue weighted by Crippen LogP contribution is 2.19. The SMILES string of the molecule is CCc1ccc(NC(=O)CC(=O)Nc2c(C)cccc2C)cc1. The summed E-state index contributed by atoms with van der Waals surface area (Å²) in [6, 6.07) is 13.4. The van der Waals surface area contributed by atoms with Crippen molar-refractivity contribution in [3.8, 4) is 0 Å². The van der Waals surface area contributed by atoms with Crippen LogP contribution in [0.5, 0.6) is 0 Å². The van der Waals surface area contributed by atoms with E-state index in [1.165, 1.54) is 5.56 Å². The fraction of sp³-hybridized carbons (Fsp3) is 0.263. The molecule has 4 nitrogen and oxygen atoms in total. The Balaban J connectivity index is 1.93. The molecule has 0 unspecified atom stereocenters. The lowest BCUT2D eigenvalue weighted by Gasteiger charge is -2.11. The molecule has 120 valence electrons. The van der Waals surface area contributed by atoms with Crippen LogP contribution in [0.3, 0.4) is 0 Å². The third kappa shape index (κ3) is 4.68. The van der Waals surface area contributed by atoms with E-state index in [-0.39, 0.29) is 18.2 Å². The second-order valence-electron chi connectivity index (χ2n) is 5.59. The smallest absolute Gasteiger partial charge is 0.233 e.